The summed E-state index contributed by atoms with van der Waals surface area (Å²) in [5.74, 6) is 0.614. The van der Waals surface area contributed by atoms with Gasteiger partial charge in [-0.2, -0.15) is 0 Å². The molecule has 35 heavy (non-hydrogen) atoms. The van der Waals surface area contributed by atoms with E-state index in [1.807, 2.05) is 69.3 Å². The summed E-state index contributed by atoms with van der Waals surface area (Å²) in [6, 6.07) is 15.0. The van der Waals surface area contributed by atoms with Gasteiger partial charge in [0.05, 0.1) is 6.54 Å². The number of carbonyl (C=O) groups is 2. The molecular weight excluding hydrogens is 444 g/mol. The number of amides is 2. The Morgan fingerprint density at radius 2 is 1.80 bits per heavy atom. The quantitative estimate of drug-likeness (QED) is 0.595. The van der Waals surface area contributed by atoms with E-state index in [2.05, 4.69) is 0 Å². The molecule has 0 saturated carbocycles. The maximum absolute atomic E-state index is 13.2. The molecule has 2 atom stereocenters. The molecule has 2 aromatic rings. The number of ether oxygens (including phenoxy) is 2. The number of para-hydroxylation sites is 1. The number of rotatable bonds is 7. The summed E-state index contributed by atoms with van der Waals surface area (Å²) in [4.78, 5) is 29.0. The number of fused-ring (bicyclic) bond motifs is 1. The van der Waals surface area contributed by atoms with Gasteiger partial charge in [-0.25, -0.2) is 4.79 Å². The lowest BCUT2D eigenvalue weighted by molar-refractivity contribution is -0.00278. The van der Waals surface area contributed by atoms with Crippen molar-refractivity contribution in [2.24, 2.45) is 0 Å². The summed E-state index contributed by atoms with van der Waals surface area (Å²) in [6.45, 7) is 5.66. The van der Waals surface area contributed by atoms with E-state index in [1.54, 1.807) is 23.9 Å². The Kier molecular flexibility index (Phi) is 8.78. The molecule has 2 amide bonds. The Hall–Kier alpha value is -3.06. The lowest BCUT2D eigenvalue weighted by atomic mass is 9.98. The first-order valence-corrected chi connectivity index (χ1v) is 12.2. The van der Waals surface area contributed by atoms with Crippen LogP contribution >= 0.6 is 0 Å². The van der Waals surface area contributed by atoms with E-state index >= 15 is 0 Å². The Labute approximate surface area is 208 Å². The average molecular weight is 483 g/mol. The fourth-order valence-electron chi connectivity index (χ4n) is 4.28. The van der Waals surface area contributed by atoms with Gasteiger partial charge in [-0.05, 0) is 81.8 Å². The van der Waals surface area contributed by atoms with Crippen molar-refractivity contribution in [3.63, 3.8) is 0 Å². The van der Waals surface area contributed by atoms with Crippen molar-refractivity contribution in [2.45, 2.75) is 64.2 Å². The zero-order chi connectivity index (χ0) is 25.6. The molecule has 1 aliphatic carbocycles. The van der Waals surface area contributed by atoms with Crippen LogP contribution in [0, 0.1) is 0 Å². The van der Waals surface area contributed by atoms with Crippen LogP contribution in [0.1, 0.15) is 55.1 Å². The van der Waals surface area contributed by atoms with Crippen molar-refractivity contribution in [2.75, 3.05) is 27.2 Å². The molecule has 1 unspecified atom stereocenters. The van der Waals surface area contributed by atoms with Crippen molar-refractivity contribution in [3.8, 4) is 5.75 Å². The number of benzene rings is 2. The molecule has 3 rings (SSSR count). The van der Waals surface area contributed by atoms with E-state index in [1.165, 1.54) is 5.56 Å². The molecule has 0 saturated heterocycles. The van der Waals surface area contributed by atoms with Gasteiger partial charge in [0.2, 0.25) is 0 Å². The number of carbonyl (C=O) groups excluding carboxylic acids is 2. The van der Waals surface area contributed by atoms with Gasteiger partial charge in [0.1, 0.15) is 24.1 Å². The summed E-state index contributed by atoms with van der Waals surface area (Å²) in [5, 5.41) is 10.8. The fourth-order valence-corrected chi connectivity index (χ4v) is 4.28. The zero-order valence-corrected chi connectivity index (χ0v) is 21.5. The first-order valence-electron chi connectivity index (χ1n) is 12.2. The first kappa shape index (κ1) is 26.5. The highest BCUT2D eigenvalue weighted by atomic mass is 16.6. The first-order chi connectivity index (χ1) is 16.5. The molecule has 0 radical (unpaired) electrons. The molecule has 0 aliphatic heterocycles. The summed E-state index contributed by atoms with van der Waals surface area (Å²) in [5.41, 5.74) is 2.23. The minimum atomic E-state index is -0.882. The second kappa shape index (κ2) is 11.6. The third kappa shape index (κ3) is 7.72. The van der Waals surface area contributed by atoms with E-state index in [4.69, 9.17) is 9.47 Å². The van der Waals surface area contributed by atoms with Crippen molar-refractivity contribution < 1.29 is 24.2 Å². The number of aliphatic hydroxyl groups is 1. The van der Waals surface area contributed by atoms with E-state index in [9.17, 15) is 14.7 Å². The van der Waals surface area contributed by atoms with Gasteiger partial charge >= 0.3 is 6.09 Å². The standard InChI is InChI=1S/C28H38N2O5/c1-28(2,3)35-27(33)30(18-24(31)19-34-25-12-7-6-8-13-25)23-11-9-10-20-14-15-21(16-22(20)17-23)26(32)29(4)5/h6-8,12-16,23-24,31H,9-11,17-19H2,1-5H3/t23?,24-/m0/s1. The van der Waals surface area contributed by atoms with Crippen molar-refractivity contribution in [1.82, 2.24) is 9.80 Å². The molecule has 190 valence electrons. The van der Waals surface area contributed by atoms with E-state index in [-0.39, 0.29) is 25.1 Å². The summed E-state index contributed by atoms with van der Waals surface area (Å²) >= 11 is 0. The normalized spacial score (nSPS) is 16.5. The number of aryl methyl sites for hydroxylation is 1. The highest BCUT2D eigenvalue weighted by Gasteiger charge is 2.32. The van der Waals surface area contributed by atoms with Gasteiger partial charge in [-0.1, -0.05) is 24.3 Å². The lowest BCUT2D eigenvalue weighted by Crippen LogP contribution is -2.48. The van der Waals surface area contributed by atoms with Crippen LogP contribution in [0.5, 0.6) is 5.75 Å². The summed E-state index contributed by atoms with van der Waals surface area (Å²) in [6.07, 6.45) is 1.81. The number of aliphatic hydroxyl groups excluding tert-OH is 1. The average Bonchev–Trinajstić information content (AvgIpc) is 3.01. The molecule has 7 heteroatoms. The molecule has 0 fully saturated rings. The molecule has 0 bridgehead atoms. The summed E-state index contributed by atoms with van der Waals surface area (Å²) < 4.78 is 11.4. The van der Waals surface area contributed by atoms with Gasteiger partial charge in [-0.3, -0.25) is 4.79 Å². The maximum Gasteiger partial charge on any atom is 0.410 e. The van der Waals surface area contributed by atoms with Gasteiger partial charge in [0.25, 0.3) is 5.91 Å². The molecule has 0 aromatic heterocycles. The van der Waals surface area contributed by atoms with Crippen molar-refractivity contribution >= 4 is 12.0 Å². The molecule has 1 N–H and O–H groups in total. The maximum atomic E-state index is 13.2. The fraction of sp³-hybridized carbons (Fsp3) is 0.500. The van der Waals surface area contributed by atoms with Crippen molar-refractivity contribution in [3.05, 3.63) is 65.2 Å². The van der Waals surface area contributed by atoms with Crippen LogP contribution in [0.25, 0.3) is 0 Å². The minimum Gasteiger partial charge on any atom is -0.491 e. The van der Waals surface area contributed by atoms with Gasteiger partial charge in [0.15, 0.2) is 0 Å². The number of nitrogens with zero attached hydrogens (tertiary/aromatic N) is 2. The Bertz CT molecular complexity index is 1000. The minimum absolute atomic E-state index is 0.0499. The zero-order valence-electron chi connectivity index (χ0n) is 21.5. The third-order valence-corrected chi connectivity index (χ3v) is 5.96. The molecular formula is C28H38N2O5. The predicted molar refractivity (Wildman–Crippen MR) is 136 cm³/mol. The monoisotopic (exact) mass is 482 g/mol. The second-order valence-corrected chi connectivity index (χ2v) is 10.3. The second-order valence-electron chi connectivity index (χ2n) is 10.3. The van der Waals surface area contributed by atoms with Crippen LogP contribution in [0.4, 0.5) is 4.79 Å². The Morgan fingerprint density at radius 3 is 2.46 bits per heavy atom. The molecule has 1 aliphatic rings. The topological polar surface area (TPSA) is 79.3 Å². The van der Waals surface area contributed by atoms with Crippen LogP contribution in [0.2, 0.25) is 0 Å². The number of hydrogen-bond acceptors (Lipinski definition) is 5. The lowest BCUT2D eigenvalue weighted by Gasteiger charge is -2.34. The van der Waals surface area contributed by atoms with Crippen LogP contribution in [-0.2, 0) is 17.6 Å². The van der Waals surface area contributed by atoms with E-state index < -0.39 is 17.8 Å². The third-order valence-electron chi connectivity index (χ3n) is 5.96. The van der Waals surface area contributed by atoms with E-state index in [0.29, 0.717) is 17.7 Å². The largest absolute Gasteiger partial charge is 0.491 e. The van der Waals surface area contributed by atoms with Crippen LogP contribution in [0.3, 0.4) is 0 Å². The predicted octanol–water partition coefficient (Wildman–Crippen LogP) is 4.31. The van der Waals surface area contributed by atoms with Crippen LogP contribution in [-0.4, -0.2) is 71.9 Å². The molecule has 0 spiro atoms. The van der Waals surface area contributed by atoms with Crippen LogP contribution < -0.4 is 4.74 Å². The number of hydrogen-bond donors (Lipinski definition) is 1. The highest BCUT2D eigenvalue weighted by molar-refractivity contribution is 5.94. The Morgan fingerprint density at radius 1 is 1.09 bits per heavy atom. The molecule has 2 aromatic carbocycles. The van der Waals surface area contributed by atoms with E-state index in [0.717, 1.165) is 24.8 Å². The van der Waals surface area contributed by atoms with Gasteiger partial charge < -0.3 is 24.4 Å². The smallest absolute Gasteiger partial charge is 0.410 e. The Balaban J connectivity index is 1.80. The van der Waals surface area contributed by atoms with Gasteiger partial charge in [-0.15, -0.1) is 0 Å². The highest BCUT2D eigenvalue weighted by Crippen LogP contribution is 2.27. The van der Waals surface area contributed by atoms with Crippen LogP contribution in [0.15, 0.2) is 48.5 Å². The molecule has 0 heterocycles. The SMILES string of the molecule is CN(C)C(=O)c1ccc2c(c1)CC(N(C[C@H](O)COc1ccccc1)C(=O)OC(C)(C)C)CCC2. The van der Waals surface area contributed by atoms with Crippen molar-refractivity contribution in [1.29, 1.82) is 0 Å². The summed E-state index contributed by atoms with van der Waals surface area (Å²) in [7, 11) is 3.47. The van der Waals surface area contributed by atoms with Gasteiger partial charge in [0, 0.05) is 25.7 Å². The molecule has 7 nitrogen and oxygen atoms in total.